The van der Waals surface area contributed by atoms with Crippen molar-refractivity contribution in [3.8, 4) is 0 Å². The number of aryl methyl sites for hydroxylation is 1. The molecule has 0 aliphatic carbocycles. The highest BCUT2D eigenvalue weighted by Gasteiger charge is 2.08. The van der Waals surface area contributed by atoms with E-state index in [0.29, 0.717) is 11.3 Å². The molecule has 0 atom stereocenters. The monoisotopic (exact) mass is 313 g/mol. The quantitative estimate of drug-likeness (QED) is 0.502. The van der Waals surface area contributed by atoms with Gasteiger partial charge >= 0.3 is 6.03 Å². The van der Waals surface area contributed by atoms with Gasteiger partial charge in [-0.2, -0.15) is 0 Å². The highest BCUT2D eigenvalue weighted by atomic mass is 16.6. The zero-order valence-electron chi connectivity index (χ0n) is 12.6. The second-order valence-corrected chi connectivity index (χ2v) is 4.81. The van der Waals surface area contributed by atoms with Crippen LogP contribution in [0.3, 0.4) is 0 Å². The first-order valence-electron chi connectivity index (χ1n) is 7.01. The molecule has 0 saturated carbocycles. The lowest BCUT2D eigenvalue weighted by Crippen LogP contribution is -2.32. The number of nitro benzene ring substituents is 1. The molecule has 0 saturated heterocycles. The molecule has 0 unspecified atom stereocenters. The van der Waals surface area contributed by atoms with Gasteiger partial charge in [0.1, 0.15) is 6.54 Å². The Balaban J connectivity index is 2.36. The Morgan fingerprint density at radius 2 is 1.87 bits per heavy atom. The average molecular weight is 313 g/mol. The first kappa shape index (κ1) is 16.2. The lowest BCUT2D eigenvalue weighted by atomic mass is 10.1. The van der Waals surface area contributed by atoms with Crippen LogP contribution in [0.1, 0.15) is 18.1 Å². The van der Waals surface area contributed by atoms with Crippen LogP contribution in [0.25, 0.3) is 11.8 Å². The fraction of sp³-hybridized carbons (Fsp3) is 0.125. The van der Waals surface area contributed by atoms with Gasteiger partial charge in [0.2, 0.25) is 0 Å². The highest BCUT2D eigenvalue weighted by molar-refractivity contribution is 5.90. The average Bonchev–Trinajstić information content (AvgIpc) is 2.54. The van der Waals surface area contributed by atoms with Crippen LogP contribution in [-0.4, -0.2) is 11.0 Å². The number of rotatable bonds is 5. The van der Waals surface area contributed by atoms with Crippen LogP contribution in [0.4, 0.5) is 10.5 Å². The predicted octanol–water partition coefficient (Wildman–Crippen LogP) is 2.07. The third-order valence-corrected chi connectivity index (χ3v) is 3.24. The van der Waals surface area contributed by atoms with Crippen molar-refractivity contribution in [2.24, 2.45) is 5.73 Å². The topological polar surface area (TPSA) is 102 Å². The molecule has 7 heteroatoms. The Kier molecular flexibility index (Phi) is 5.03. The highest BCUT2D eigenvalue weighted by Crippen LogP contribution is 2.17. The number of nitrogens with zero attached hydrogens (tertiary/aromatic N) is 2. The second-order valence-electron chi connectivity index (χ2n) is 4.81. The Bertz CT molecular complexity index is 737. The number of pyridine rings is 1. The van der Waals surface area contributed by atoms with E-state index in [1.54, 1.807) is 18.2 Å². The molecule has 0 spiro atoms. The normalized spacial score (nSPS) is 11.1. The molecule has 2 aromatic rings. The molecule has 7 nitrogen and oxygen atoms in total. The van der Waals surface area contributed by atoms with E-state index in [9.17, 15) is 14.9 Å². The summed E-state index contributed by atoms with van der Waals surface area (Å²) in [5.74, 6) is 0. The summed E-state index contributed by atoms with van der Waals surface area (Å²) >= 11 is 0. The number of nitro groups is 1. The summed E-state index contributed by atoms with van der Waals surface area (Å²) in [6.07, 6.45) is 5.49. The molecule has 23 heavy (non-hydrogen) atoms. The van der Waals surface area contributed by atoms with E-state index in [2.05, 4.69) is 5.32 Å². The molecule has 2 amide bonds. The Labute approximate surface area is 133 Å². The van der Waals surface area contributed by atoms with E-state index in [1.165, 1.54) is 12.1 Å². The predicted molar refractivity (Wildman–Crippen MR) is 86.0 cm³/mol. The smallest absolute Gasteiger partial charge is 0.316 e. The third kappa shape index (κ3) is 4.37. The first-order valence-corrected chi connectivity index (χ1v) is 7.01. The van der Waals surface area contributed by atoms with Crippen molar-refractivity contribution in [3.63, 3.8) is 0 Å². The summed E-state index contributed by atoms with van der Waals surface area (Å²) in [6, 6.07) is 9.07. The van der Waals surface area contributed by atoms with E-state index in [4.69, 9.17) is 5.73 Å². The summed E-state index contributed by atoms with van der Waals surface area (Å²) in [6.45, 7) is 2.86. The van der Waals surface area contributed by atoms with E-state index < -0.39 is 11.0 Å². The molecule has 0 aliphatic heterocycles. The molecule has 1 aromatic carbocycles. The molecule has 2 rings (SSSR count). The number of benzene rings is 1. The molecular weight excluding hydrogens is 296 g/mol. The molecular formula is C16H17N4O3+. The van der Waals surface area contributed by atoms with Gasteiger partial charge in [-0.05, 0) is 30.7 Å². The van der Waals surface area contributed by atoms with Crippen LogP contribution in [0.15, 0.2) is 48.8 Å². The van der Waals surface area contributed by atoms with E-state index in [-0.39, 0.29) is 5.69 Å². The lowest BCUT2D eigenvalue weighted by Gasteiger charge is -2.08. The van der Waals surface area contributed by atoms with Crippen LogP contribution >= 0.6 is 0 Å². The number of carbonyl (C=O) groups excluding carboxylic acids is 1. The van der Waals surface area contributed by atoms with Gasteiger partial charge in [-0.15, -0.1) is 0 Å². The number of non-ortho nitro benzene ring substituents is 1. The van der Waals surface area contributed by atoms with Gasteiger partial charge in [-0.1, -0.05) is 0 Å². The second kappa shape index (κ2) is 7.17. The summed E-state index contributed by atoms with van der Waals surface area (Å²) in [7, 11) is 0. The number of hydrogen-bond acceptors (Lipinski definition) is 3. The Hall–Kier alpha value is -3.22. The SMILES string of the molecule is CC[n+]1ccc(/C(=C/c2ccc([N+](=O)[O-])cc2)NC(N)=O)cc1. The number of amides is 2. The number of urea groups is 1. The molecule has 0 radical (unpaired) electrons. The Morgan fingerprint density at radius 3 is 2.35 bits per heavy atom. The van der Waals surface area contributed by atoms with Gasteiger partial charge in [0.05, 0.1) is 10.6 Å². The zero-order valence-corrected chi connectivity index (χ0v) is 12.6. The minimum absolute atomic E-state index is 0.00950. The van der Waals surface area contributed by atoms with E-state index in [0.717, 1.165) is 12.1 Å². The number of carbonyl (C=O) groups is 1. The van der Waals surface area contributed by atoms with Crippen molar-refractivity contribution in [2.45, 2.75) is 13.5 Å². The van der Waals surface area contributed by atoms with Crippen molar-refractivity contribution in [2.75, 3.05) is 0 Å². The summed E-state index contributed by atoms with van der Waals surface area (Å²) in [5.41, 5.74) is 7.25. The molecule has 0 fully saturated rings. The lowest BCUT2D eigenvalue weighted by molar-refractivity contribution is -0.693. The molecule has 1 aromatic heterocycles. The van der Waals surface area contributed by atoms with Crippen molar-refractivity contribution in [3.05, 3.63) is 70.0 Å². The maximum atomic E-state index is 11.2. The van der Waals surface area contributed by atoms with Gasteiger partial charge in [0, 0.05) is 29.8 Å². The van der Waals surface area contributed by atoms with E-state index in [1.807, 2.05) is 36.0 Å². The minimum atomic E-state index is -0.676. The molecule has 3 N–H and O–H groups in total. The first-order chi connectivity index (χ1) is 11.0. The minimum Gasteiger partial charge on any atom is -0.351 e. The summed E-state index contributed by atoms with van der Waals surface area (Å²) in [4.78, 5) is 21.4. The van der Waals surface area contributed by atoms with Crippen LogP contribution in [0.5, 0.6) is 0 Å². The zero-order chi connectivity index (χ0) is 16.8. The maximum absolute atomic E-state index is 11.2. The number of hydrogen-bond donors (Lipinski definition) is 2. The van der Waals surface area contributed by atoms with Crippen LogP contribution < -0.4 is 15.6 Å². The largest absolute Gasteiger partial charge is 0.351 e. The van der Waals surface area contributed by atoms with Crippen molar-refractivity contribution in [1.29, 1.82) is 0 Å². The van der Waals surface area contributed by atoms with Crippen molar-refractivity contribution >= 4 is 23.5 Å². The molecule has 118 valence electrons. The van der Waals surface area contributed by atoms with E-state index >= 15 is 0 Å². The van der Waals surface area contributed by atoms with Crippen molar-refractivity contribution < 1.29 is 14.3 Å². The van der Waals surface area contributed by atoms with Gasteiger partial charge in [-0.25, -0.2) is 9.36 Å². The third-order valence-electron chi connectivity index (χ3n) is 3.24. The number of nitrogens with two attached hydrogens (primary N) is 1. The van der Waals surface area contributed by atoms with Crippen molar-refractivity contribution in [1.82, 2.24) is 5.32 Å². The fourth-order valence-electron chi connectivity index (χ4n) is 2.03. The maximum Gasteiger partial charge on any atom is 0.316 e. The standard InChI is InChI=1S/C16H16N4O3/c1-2-19-9-7-13(8-10-19)15(18-16(17)21)11-12-3-5-14(6-4-12)20(22)23/h3-11H,2H2,1H3,(H2-,17,18,21)/p+1/b15-11-. The van der Waals surface area contributed by atoms with Gasteiger partial charge < -0.3 is 11.1 Å². The number of nitrogens with one attached hydrogen (secondary N) is 1. The number of primary amides is 1. The van der Waals surface area contributed by atoms with Gasteiger partial charge in [0.25, 0.3) is 5.69 Å². The molecule has 1 heterocycles. The number of aromatic nitrogens is 1. The molecule has 0 bridgehead atoms. The van der Waals surface area contributed by atoms with Gasteiger partial charge in [0.15, 0.2) is 12.4 Å². The summed E-state index contributed by atoms with van der Waals surface area (Å²) in [5, 5.41) is 13.3. The van der Waals surface area contributed by atoms with Crippen LogP contribution in [0.2, 0.25) is 0 Å². The Morgan fingerprint density at radius 1 is 1.26 bits per heavy atom. The summed E-state index contributed by atoms with van der Waals surface area (Å²) < 4.78 is 1.98. The molecule has 0 aliphatic rings. The fourth-order valence-corrected chi connectivity index (χ4v) is 2.03. The van der Waals surface area contributed by atoms with Crippen LogP contribution in [-0.2, 0) is 6.54 Å². The van der Waals surface area contributed by atoms with Crippen LogP contribution in [0, 0.1) is 10.1 Å². The van der Waals surface area contributed by atoms with Gasteiger partial charge in [-0.3, -0.25) is 10.1 Å².